The van der Waals surface area contributed by atoms with E-state index in [0.29, 0.717) is 28.2 Å². The van der Waals surface area contributed by atoms with Crippen LogP contribution in [0.15, 0.2) is 47.6 Å². The number of rotatable bonds is 9. The van der Waals surface area contributed by atoms with Crippen LogP contribution in [0, 0.1) is 12.7 Å². The summed E-state index contributed by atoms with van der Waals surface area (Å²) in [5, 5.41) is 12.0. The van der Waals surface area contributed by atoms with Gasteiger partial charge in [-0.05, 0) is 57.5 Å². The molecule has 3 aromatic rings. The number of hydrogen-bond acceptors (Lipinski definition) is 6. The number of hydrogen-bond donors (Lipinski definition) is 1. The summed E-state index contributed by atoms with van der Waals surface area (Å²) in [4.78, 5) is 12.4. The lowest BCUT2D eigenvalue weighted by Crippen LogP contribution is -2.17. The second-order valence-electron chi connectivity index (χ2n) is 7.51. The SMILES string of the molecule is COc1ccccc1OC(C)c1nnc(SCC(=O)Nc2cc(F)ccc2C)n1C(C)C. The molecule has 1 unspecified atom stereocenters. The number of nitrogens with one attached hydrogen (secondary N) is 1. The number of benzene rings is 2. The number of thioether (sulfide) groups is 1. The van der Waals surface area contributed by atoms with E-state index < -0.39 is 5.82 Å². The smallest absolute Gasteiger partial charge is 0.234 e. The number of aryl methyl sites for hydroxylation is 1. The molecule has 2 aromatic carbocycles. The number of aromatic nitrogens is 3. The minimum atomic E-state index is -0.397. The zero-order valence-corrected chi connectivity index (χ0v) is 19.6. The highest BCUT2D eigenvalue weighted by molar-refractivity contribution is 7.99. The molecule has 32 heavy (non-hydrogen) atoms. The van der Waals surface area contributed by atoms with E-state index in [1.165, 1.54) is 23.9 Å². The molecular formula is C23H27FN4O3S. The largest absolute Gasteiger partial charge is 0.493 e. The molecule has 170 valence electrons. The van der Waals surface area contributed by atoms with Crippen LogP contribution in [0.4, 0.5) is 10.1 Å². The highest BCUT2D eigenvalue weighted by Crippen LogP contribution is 2.32. The predicted molar refractivity (Wildman–Crippen MR) is 123 cm³/mol. The molecule has 7 nitrogen and oxygen atoms in total. The monoisotopic (exact) mass is 458 g/mol. The molecule has 0 fully saturated rings. The summed E-state index contributed by atoms with van der Waals surface area (Å²) in [5.41, 5.74) is 1.25. The van der Waals surface area contributed by atoms with Gasteiger partial charge in [-0.3, -0.25) is 4.79 Å². The second-order valence-corrected chi connectivity index (χ2v) is 8.45. The fourth-order valence-electron chi connectivity index (χ4n) is 3.15. The Morgan fingerprint density at radius 3 is 2.56 bits per heavy atom. The van der Waals surface area contributed by atoms with Crippen molar-refractivity contribution in [3.05, 3.63) is 59.7 Å². The molecule has 1 N–H and O–H groups in total. The van der Waals surface area contributed by atoms with Gasteiger partial charge in [-0.15, -0.1) is 10.2 Å². The van der Waals surface area contributed by atoms with E-state index in [-0.39, 0.29) is 23.8 Å². The highest BCUT2D eigenvalue weighted by Gasteiger charge is 2.23. The lowest BCUT2D eigenvalue weighted by molar-refractivity contribution is -0.113. The lowest BCUT2D eigenvalue weighted by Gasteiger charge is -2.19. The molecular weight excluding hydrogens is 431 g/mol. The lowest BCUT2D eigenvalue weighted by atomic mass is 10.2. The molecule has 0 saturated carbocycles. The van der Waals surface area contributed by atoms with Gasteiger partial charge in [-0.1, -0.05) is 30.0 Å². The Morgan fingerprint density at radius 1 is 1.16 bits per heavy atom. The molecule has 0 bridgehead atoms. The summed E-state index contributed by atoms with van der Waals surface area (Å²) in [7, 11) is 1.59. The first-order valence-electron chi connectivity index (χ1n) is 10.2. The van der Waals surface area contributed by atoms with Crippen LogP contribution < -0.4 is 14.8 Å². The maximum atomic E-state index is 13.5. The summed E-state index contributed by atoms with van der Waals surface area (Å²) in [6.07, 6.45) is -0.390. The van der Waals surface area contributed by atoms with Gasteiger partial charge in [0.25, 0.3) is 0 Å². The van der Waals surface area contributed by atoms with E-state index in [2.05, 4.69) is 15.5 Å². The molecule has 1 atom stereocenters. The third-order valence-corrected chi connectivity index (χ3v) is 5.69. The van der Waals surface area contributed by atoms with Crippen LogP contribution in [0.5, 0.6) is 11.5 Å². The number of ether oxygens (including phenoxy) is 2. The van der Waals surface area contributed by atoms with E-state index in [1.54, 1.807) is 13.2 Å². The molecule has 0 aliphatic carbocycles. The normalized spacial score (nSPS) is 12.0. The zero-order chi connectivity index (χ0) is 23.3. The van der Waals surface area contributed by atoms with Gasteiger partial charge in [0.2, 0.25) is 5.91 Å². The first-order chi connectivity index (χ1) is 15.3. The molecule has 1 heterocycles. The number of methoxy groups -OCH3 is 1. The van der Waals surface area contributed by atoms with Crippen molar-refractivity contribution in [3.63, 3.8) is 0 Å². The summed E-state index contributed by atoms with van der Waals surface area (Å²) < 4.78 is 26.9. The summed E-state index contributed by atoms with van der Waals surface area (Å²) in [6.45, 7) is 7.74. The molecule has 1 amide bonds. The maximum Gasteiger partial charge on any atom is 0.234 e. The number of halogens is 1. The van der Waals surface area contributed by atoms with Crippen LogP contribution >= 0.6 is 11.8 Å². The Balaban J connectivity index is 1.71. The highest BCUT2D eigenvalue weighted by atomic mass is 32.2. The van der Waals surface area contributed by atoms with Crippen LogP contribution in [0.25, 0.3) is 0 Å². The summed E-state index contributed by atoms with van der Waals surface area (Å²) in [6, 6.07) is 11.8. The van der Waals surface area contributed by atoms with E-state index in [0.717, 1.165) is 5.56 Å². The Hall–Kier alpha value is -3.07. The quantitative estimate of drug-likeness (QED) is 0.445. The zero-order valence-electron chi connectivity index (χ0n) is 18.8. The van der Waals surface area contributed by atoms with Gasteiger partial charge in [-0.2, -0.15) is 0 Å². The van der Waals surface area contributed by atoms with Crippen molar-refractivity contribution in [2.75, 3.05) is 18.2 Å². The summed E-state index contributed by atoms with van der Waals surface area (Å²) in [5.74, 6) is 1.36. The minimum Gasteiger partial charge on any atom is -0.493 e. The molecule has 3 rings (SSSR count). The van der Waals surface area contributed by atoms with Crippen LogP contribution in [-0.4, -0.2) is 33.5 Å². The van der Waals surface area contributed by atoms with Crippen LogP contribution in [-0.2, 0) is 4.79 Å². The number of nitrogens with zero attached hydrogens (tertiary/aromatic N) is 3. The van der Waals surface area contributed by atoms with Crippen LogP contribution in [0.2, 0.25) is 0 Å². The molecule has 9 heteroatoms. The Kier molecular flexibility index (Phi) is 7.74. The topological polar surface area (TPSA) is 78.3 Å². The van der Waals surface area contributed by atoms with Gasteiger partial charge < -0.3 is 19.4 Å². The maximum absolute atomic E-state index is 13.5. The Labute approximate surface area is 191 Å². The molecule has 0 saturated heterocycles. The van der Waals surface area contributed by atoms with E-state index in [1.807, 2.05) is 56.5 Å². The van der Waals surface area contributed by atoms with Crippen LogP contribution in [0.3, 0.4) is 0 Å². The first-order valence-corrected chi connectivity index (χ1v) is 11.2. The van der Waals surface area contributed by atoms with Gasteiger partial charge >= 0.3 is 0 Å². The van der Waals surface area contributed by atoms with E-state index in [4.69, 9.17) is 9.47 Å². The first kappa shape index (κ1) is 23.6. The summed E-state index contributed by atoms with van der Waals surface area (Å²) >= 11 is 1.27. The van der Waals surface area contributed by atoms with Crippen molar-refractivity contribution in [1.82, 2.24) is 14.8 Å². The number of amides is 1. The van der Waals surface area contributed by atoms with E-state index >= 15 is 0 Å². The number of carbonyl (C=O) groups excluding carboxylic acids is 1. The van der Waals surface area contributed by atoms with Crippen molar-refractivity contribution in [2.24, 2.45) is 0 Å². The standard InChI is InChI=1S/C23H27FN4O3S/c1-14(2)28-22(16(4)31-20-9-7-6-8-19(20)30-5)26-27-23(28)32-13-21(29)25-18-12-17(24)11-10-15(18)3/h6-12,14,16H,13H2,1-5H3,(H,25,29). The Morgan fingerprint density at radius 2 is 1.88 bits per heavy atom. The Bertz CT molecular complexity index is 1090. The second kappa shape index (κ2) is 10.5. The van der Waals surface area contributed by atoms with Crippen LogP contribution in [0.1, 0.15) is 44.3 Å². The van der Waals surface area contributed by atoms with Crippen molar-refractivity contribution in [1.29, 1.82) is 0 Å². The number of anilines is 1. The van der Waals surface area contributed by atoms with Gasteiger partial charge in [0.15, 0.2) is 28.6 Å². The fraction of sp³-hybridized carbons (Fsp3) is 0.348. The van der Waals surface area contributed by atoms with Gasteiger partial charge in [0.05, 0.1) is 12.9 Å². The van der Waals surface area contributed by atoms with Crippen molar-refractivity contribution in [2.45, 2.75) is 45.0 Å². The average molecular weight is 459 g/mol. The molecule has 0 aliphatic heterocycles. The van der Waals surface area contributed by atoms with Gasteiger partial charge in [0.1, 0.15) is 5.82 Å². The van der Waals surface area contributed by atoms with E-state index in [9.17, 15) is 9.18 Å². The fourth-order valence-corrected chi connectivity index (χ4v) is 4.03. The predicted octanol–water partition coefficient (Wildman–Crippen LogP) is 5.19. The average Bonchev–Trinajstić information content (AvgIpc) is 3.20. The van der Waals surface area contributed by atoms with Crippen molar-refractivity contribution < 1.29 is 18.7 Å². The van der Waals surface area contributed by atoms with Gasteiger partial charge in [0, 0.05) is 11.7 Å². The molecule has 1 aromatic heterocycles. The molecule has 0 aliphatic rings. The molecule has 0 spiro atoms. The number of para-hydroxylation sites is 2. The number of carbonyl (C=O) groups is 1. The van der Waals surface area contributed by atoms with Gasteiger partial charge in [-0.25, -0.2) is 4.39 Å². The molecule has 0 radical (unpaired) electrons. The third kappa shape index (κ3) is 5.59. The van der Waals surface area contributed by atoms with Crippen molar-refractivity contribution >= 4 is 23.4 Å². The minimum absolute atomic E-state index is 0.0553. The third-order valence-electron chi connectivity index (χ3n) is 4.75. The van der Waals surface area contributed by atoms with Crippen molar-refractivity contribution in [3.8, 4) is 11.5 Å².